The zero-order valence-electron chi connectivity index (χ0n) is 8.17. The number of fused-ring (bicyclic) bond motifs is 1. The van der Waals surface area contributed by atoms with E-state index < -0.39 is 0 Å². The molecule has 1 aromatic rings. The minimum atomic E-state index is 1.08. The Balaban J connectivity index is 2.58. The zero-order valence-corrected chi connectivity index (χ0v) is 8.17. The summed E-state index contributed by atoms with van der Waals surface area (Å²) in [4.78, 5) is 0. The second-order valence-electron chi connectivity index (χ2n) is 3.73. The molecule has 0 nitrogen and oxygen atoms in total. The van der Waals surface area contributed by atoms with Crippen molar-refractivity contribution in [1.29, 1.82) is 0 Å². The van der Waals surface area contributed by atoms with E-state index in [9.17, 15) is 0 Å². The maximum Gasteiger partial charge on any atom is -0.0135 e. The normalized spacial score (nSPS) is 14.8. The van der Waals surface area contributed by atoms with Crippen LogP contribution in [0.3, 0.4) is 0 Å². The van der Waals surface area contributed by atoms with E-state index >= 15 is 0 Å². The number of rotatable bonds is 0. The molecular weight excluding hydrogens is 156 g/mol. The number of benzene rings is 1. The first kappa shape index (κ1) is 8.31. The smallest absolute Gasteiger partial charge is 0.0135 e. The summed E-state index contributed by atoms with van der Waals surface area (Å²) in [6.45, 7) is 4.31. The van der Waals surface area contributed by atoms with Gasteiger partial charge in [0.1, 0.15) is 0 Å². The van der Waals surface area contributed by atoms with E-state index in [0.29, 0.717) is 0 Å². The summed E-state index contributed by atoms with van der Waals surface area (Å²) < 4.78 is 0. The predicted octanol–water partition coefficient (Wildman–Crippen LogP) is 3.82. The zero-order chi connectivity index (χ0) is 9.26. The van der Waals surface area contributed by atoms with Crippen molar-refractivity contribution in [2.75, 3.05) is 0 Å². The summed E-state index contributed by atoms with van der Waals surface area (Å²) >= 11 is 0. The third kappa shape index (κ3) is 1.72. The molecule has 13 heavy (non-hydrogen) atoms. The molecule has 1 aromatic carbocycles. The SMILES string of the molecule is CC1=Cc2ccc(C)cc2C=CC1. The predicted molar refractivity (Wildman–Crippen MR) is 58.5 cm³/mol. The maximum atomic E-state index is 2.27. The van der Waals surface area contributed by atoms with E-state index in [1.54, 1.807) is 0 Å². The lowest BCUT2D eigenvalue weighted by atomic mass is 10.0. The molecule has 0 heteroatoms. The van der Waals surface area contributed by atoms with Crippen LogP contribution >= 0.6 is 0 Å². The molecule has 0 atom stereocenters. The van der Waals surface area contributed by atoms with Crippen LogP contribution in [0.2, 0.25) is 0 Å². The number of hydrogen-bond acceptors (Lipinski definition) is 0. The monoisotopic (exact) mass is 170 g/mol. The van der Waals surface area contributed by atoms with Crippen LogP contribution in [0.5, 0.6) is 0 Å². The molecule has 0 fully saturated rings. The van der Waals surface area contributed by atoms with Crippen molar-refractivity contribution in [2.24, 2.45) is 0 Å². The first-order valence-electron chi connectivity index (χ1n) is 4.70. The van der Waals surface area contributed by atoms with Crippen LogP contribution in [0.25, 0.3) is 12.2 Å². The molecule has 0 bridgehead atoms. The summed E-state index contributed by atoms with van der Waals surface area (Å²) in [6.07, 6.45) is 7.80. The quantitative estimate of drug-likeness (QED) is 0.555. The van der Waals surface area contributed by atoms with Gasteiger partial charge >= 0.3 is 0 Å². The van der Waals surface area contributed by atoms with E-state index in [1.807, 2.05) is 0 Å². The van der Waals surface area contributed by atoms with E-state index in [1.165, 1.54) is 22.3 Å². The van der Waals surface area contributed by atoms with Crippen molar-refractivity contribution in [3.8, 4) is 0 Å². The molecule has 2 rings (SSSR count). The summed E-state index contributed by atoms with van der Waals surface area (Å²) in [5, 5.41) is 0. The van der Waals surface area contributed by atoms with Crippen LogP contribution in [0.1, 0.15) is 30.0 Å². The molecule has 0 amide bonds. The Labute approximate surface area is 79.6 Å². The molecule has 0 radical (unpaired) electrons. The summed E-state index contributed by atoms with van der Waals surface area (Å²) in [5.41, 5.74) is 5.45. The number of allylic oxidation sites excluding steroid dienone is 2. The Hall–Kier alpha value is -1.30. The highest BCUT2D eigenvalue weighted by Gasteiger charge is 2.00. The van der Waals surface area contributed by atoms with E-state index in [4.69, 9.17) is 0 Å². The van der Waals surface area contributed by atoms with Gasteiger partial charge in [-0.1, -0.05) is 47.6 Å². The van der Waals surface area contributed by atoms with Crippen molar-refractivity contribution in [2.45, 2.75) is 20.3 Å². The highest BCUT2D eigenvalue weighted by Crippen LogP contribution is 2.21. The fraction of sp³-hybridized carbons (Fsp3) is 0.231. The van der Waals surface area contributed by atoms with Crippen LogP contribution < -0.4 is 0 Å². The lowest BCUT2D eigenvalue weighted by molar-refractivity contribution is 1.25. The second kappa shape index (κ2) is 3.21. The molecule has 0 heterocycles. The lowest BCUT2D eigenvalue weighted by Gasteiger charge is -2.01. The third-order valence-electron chi connectivity index (χ3n) is 2.38. The fourth-order valence-corrected chi connectivity index (χ4v) is 1.67. The highest BCUT2D eigenvalue weighted by molar-refractivity contribution is 5.69. The molecule has 0 spiro atoms. The maximum absolute atomic E-state index is 2.27. The molecular formula is C13H14. The van der Waals surface area contributed by atoms with Gasteiger partial charge in [0.2, 0.25) is 0 Å². The molecule has 0 unspecified atom stereocenters. The van der Waals surface area contributed by atoms with Gasteiger partial charge in [0, 0.05) is 0 Å². The third-order valence-corrected chi connectivity index (χ3v) is 2.38. The van der Waals surface area contributed by atoms with Crippen molar-refractivity contribution < 1.29 is 0 Å². The van der Waals surface area contributed by atoms with Crippen molar-refractivity contribution in [1.82, 2.24) is 0 Å². The standard InChI is InChI=1S/C13H14/c1-10-4-3-5-12-9-11(2)6-7-13(12)8-10/h3,5-9H,4H2,1-2H3. The van der Waals surface area contributed by atoms with E-state index in [0.717, 1.165) is 6.42 Å². The van der Waals surface area contributed by atoms with Crippen LogP contribution in [-0.4, -0.2) is 0 Å². The Morgan fingerprint density at radius 1 is 1.08 bits per heavy atom. The van der Waals surface area contributed by atoms with Gasteiger partial charge in [0.25, 0.3) is 0 Å². The molecule has 1 aliphatic carbocycles. The number of hydrogen-bond donors (Lipinski definition) is 0. The van der Waals surface area contributed by atoms with Gasteiger partial charge in [0.05, 0.1) is 0 Å². The van der Waals surface area contributed by atoms with Gasteiger partial charge in [-0.05, 0) is 31.4 Å². The van der Waals surface area contributed by atoms with E-state index in [-0.39, 0.29) is 0 Å². The lowest BCUT2D eigenvalue weighted by Crippen LogP contribution is -1.81. The topological polar surface area (TPSA) is 0 Å². The Morgan fingerprint density at radius 2 is 1.92 bits per heavy atom. The second-order valence-corrected chi connectivity index (χ2v) is 3.73. The van der Waals surface area contributed by atoms with Crippen LogP contribution in [0.4, 0.5) is 0 Å². The minimum absolute atomic E-state index is 1.08. The molecule has 0 saturated heterocycles. The van der Waals surface area contributed by atoms with Crippen molar-refractivity contribution >= 4 is 12.2 Å². The largest absolute Gasteiger partial charge is 0.0799 e. The van der Waals surface area contributed by atoms with Gasteiger partial charge in [-0.15, -0.1) is 0 Å². The fourth-order valence-electron chi connectivity index (χ4n) is 1.67. The first-order valence-corrected chi connectivity index (χ1v) is 4.70. The molecule has 66 valence electrons. The van der Waals surface area contributed by atoms with Gasteiger partial charge in [-0.3, -0.25) is 0 Å². The Morgan fingerprint density at radius 3 is 2.77 bits per heavy atom. The van der Waals surface area contributed by atoms with Crippen molar-refractivity contribution in [3.05, 3.63) is 46.5 Å². The van der Waals surface area contributed by atoms with Crippen LogP contribution in [-0.2, 0) is 0 Å². The van der Waals surface area contributed by atoms with Crippen molar-refractivity contribution in [3.63, 3.8) is 0 Å². The van der Waals surface area contributed by atoms with Gasteiger partial charge < -0.3 is 0 Å². The Bertz CT molecular complexity index is 381. The molecule has 0 saturated carbocycles. The van der Waals surface area contributed by atoms with Crippen LogP contribution in [0, 0.1) is 6.92 Å². The van der Waals surface area contributed by atoms with Gasteiger partial charge in [0.15, 0.2) is 0 Å². The summed E-state index contributed by atoms with van der Waals surface area (Å²) in [6, 6.07) is 6.60. The summed E-state index contributed by atoms with van der Waals surface area (Å²) in [7, 11) is 0. The average Bonchev–Trinajstić information content (AvgIpc) is 2.25. The summed E-state index contributed by atoms with van der Waals surface area (Å²) in [5.74, 6) is 0. The van der Waals surface area contributed by atoms with Gasteiger partial charge in [-0.25, -0.2) is 0 Å². The van der Waals surface area contributed by atoms with Crippen LogP contribution in [0.15, 0.2) is 29.8 Å². The average molecular weight is 170 g/mol. The highest BCUT2D eigenvalue weighted by atomic mass is 14.1. The molecule has 0 aliphatic heterocycles. The Kier molecular flexibility index (Phi) is 2.05. The number of aryl methyl sites for hydroxylation is 1. The molecule has 1 aliphatic rings. The minimum Gasteiger partial charge on any atom is -0.0799 e. The molecule has 0 N–H and O–H groups in total. The molecule has 0 aromatic heterocycles. The van der Waals surface area contributed by atoms with E-state index in [2.05, 4.69) is 50.3 Å². The first-order chi connectivity index (χ1) is 6.25. The van der Waals surface area contributed by atoms with Gasteiger partial charge in [-0.2, -0.15) is 0 Å².